The minimum atomic E-state index is -0.116. The van der Waals surface area contributed by atoms with Crippen LogP contribution in [0, 0.1) is 0 Å². The average molecular weight is 393 g/mol. The number of nitrogens with zero attached hydrogens (tertiary/aromatic N) is 5. The minimum absolute atomic E-state index is 0.0305. The van der Waals surface area contributed by atoms with Gasteiger partial charge in [0.15, 0.2) is 11.5 Å². The number of benzene rings is 1. The largest absolute Gasteiger partial charge is 0.355 e. The van der Waals surface area contributed by atoms with Gasteiger partial charge in [0, 0.05) is 43.7 Å². The van der Waals surface area contributed by atoms with Crippen LogP contribution in [0.25, 0.3) is 11.3 Å². The standard InChI is InChI=1S/C21H23N5O3/c1-24-21(28)26(16-7-8-16)19(22-24)15-9-11-25(12-10-15)20(27)17-13-18(29-23-17)14-5-3-2-4-6-14/h2-6,13,15-16H,7-12H2,1H3. The molecule has 0 bridgehead atoms. The summed E-state index contributed by atoms with van der Waals surface area (Å²) < 4.78 is 8.67. The summed E-state index contributed by atoms with van der Waals surface area (Å²) in [6.07, 6.45) is 3.67. The summed E-state index contributed by atoms with van der Waals surface area (Å²) in [4.78, 5) is 27.0. The smallest absolute Gasteiger partial charge is 0.345 e. The van der Waals surface area contributed by atoms with Crippen molar-refractivity contribution in [2.24, 2.45) is 7.05 Å². The Hall–Kier alpha value is -3.16. The maximum atomic E-state index is 12.9. The highest BCUT2D eigenvalue weighted by Crippen LogP contribution is 2.37. The van der Waals surface area contributed by atoms with E-state index in [0.717, 1.165) is 37.1 Å². The molecule has 1 aliphatic carbocycles. The third-order valence-corrected chi connectivity index (χ3v) is 5.83. The fraction of sp³-hybridized carbons (Fsp3) is 0.429. The average Bonchev–Trinajstić information content (AvgIpc) is 3.39. The first-order valence-corrected chi connectivity index (χ1v) is 10.1. The van der Waals surface area contributed by atoms with E-state index in [0.29, 0.717) is 30.6 Å². The van der Waals surface area contributed by atoms with Crippen LogP contribution in [-0.2, 0) is 7.05 Å². The van der Waals surface area contributed by atoms with Gasteiger partial charge in [-0.05, 0) is 25.7 Å². The second kappa shape index (κ2) is 7.02. The molecule has 29 heavy (non-hydrogen) atoms. The Morgan fingerprint density at radius 1 is 1.10 bits per heavy atom. The van der Waals surface area contributed by atoms with Crippen molar-refractivity contribution >= 4 is 5.91 Å². The van der Waals surface area contributed by atoms with Gasteiger partial charge in [-0.2, -0.15) is 5.10 Å². The summed E-state index contributed by atoms with van der Waals surface area (Å²) in [6, 6.07) is 11.6. The highest BCUT2D eigenvalue weighted by atomic mass is 16.5. The van der Waals surface area contributed by atoms with Crippen LogP contribution in [0.2, 0.25) is 0 Å². The van der Waals surface area contributed by atoms with E-state index in [1.807, 2.05) is 39.8 Å². The molecule has 150 valence electrons. The molecule has 0 unspecified atom stereocenters. The third kappa shape index (κ3) is 3.28. The van der Waals surface area contributed by atoms with Gasteiger partial charge in [0.2, 0.25) is 0 Å². The Balaban J connectivity index is 1.28. The van der Waals surface area contributed by atoms with E-state index in [-0.39, 0.29) is 17.5 Å². The maximum absolute atomic E-state index is 12.9. The van der Waals surface area contributed by atoms with Crippen molar-refractivity contribution in [3.63, 3.8) is 0 Å². The van der Waals surface area contributed by atoms with Crippen molar-refractivity contribution in [3.8, 4) is 11.3 Å². The molecule has 2 fully saturated rings. The van der Waals surface area contributed by atoms with Gasteiger partial charge in [-0.3, -0.25) is 9.36 Å². The number of likely N-dealkylation sites (tertiary alicyclic amines) is 1. The van der Waals surface area contributed by atoms with Crippen molar-refractivity contribution in [2.75, 3.05) is 13.1 Å². The van der Waals surface area contributed by atoms with Crippen molar-refractivity contribution in [2.45, 2.75) is 37.6 Å². The van der Waals surface area contributed by atoms with Crippen LogP contribution in [0.3, 0.4) is 0 Å². The number of piperidine rings is 1. The van der Waals surface area contributed by atoms with Crippen LogP contribution in [0.1, 0.15) is 54.0 Å². The lowest BCUT2D eigenvalue weighted by atomic mass is 9.95. The molecule has 1 amide bonds. The maximum Gasteiger partial charge on any atom is 0.345 e. The summed E-state index contributed by atoms with van der Waals surface area (Å²) in [7, 11) is 1.71. The van der Waals surface area contributed by atoms with Crippen LogP contribution in [-0.4, -0.2) is 43.4 Å². The van der Waals surface area contributed by atoms with E-state index < -0.39 is 0 Å². The summed E-state index contributed by atoms with van der Waals surface area (Å²) in [6.45, 7) is 1.24. The van der Waals surface area contributed by atoms with E-state index in [1.165, 1.54) is 4.68 Å². The number of aromatic nitrogens is 4. The van der Waals surface area contributed by atoms with Crippen molar-refractivity contribution < 1.29 is 9.32 Å². The van der Waals surface area contributed by atoms with E-state index in [4.69, 9.17) is 4.52 Å². The summed E-state index contributed by atoms with van der Waals surface area (Å²) in [5, 5.41) is 8.47. The Kier molecular flexibility index (Phi) is 4.34. The highest BCUT2D eigenvalue weighted by Gasteiger charge is 2.34. The highest BCUT2D eigenvalue weighted by molar-refractivity contribution is 5.93. The molecule has 3 heterocycles. The first kappa shape index (κ1) is 17.9. The van der Waals surface area contributed by atoms with Gasteiger partial charge in [-0.1, -0.05) is 35.5 Å². The number of hydrogen-bond donors (Lipinski definition) is 0. The molecule has 2 aromatic heterocycles. The number of rotatable bonds is 4. The molecule has 2 aliphatic rings. The Morgan fingerprint density at radius 3 is 2.52 bits per heavy atom. The van der Waals surface area contributed by atoms with Gasteiger partial charge >= 0.3 is 5.69 Å². The fourth-order valence-corrected chi connectivity index (χ4v) is 4.07. The fourth-order valence-electron chi connectivity index (χ4n) is 4.07. The van der Waals surface area contributed by atoms with E-state index in [1.54, 1.807) is 13.1 Å². The molecule has 0 N–H and O–H groups in total. The molecule has 8 nitrogen and oxygen atoms in total. The van der Waals surface area contributed by atoms with Crippen molar-refractivity contribution in [1.29, 1.82) is 0 Å². The zero-order chi connectivity index (χ0) is 20.0. The van der Waals surface area contributed by atoms with Crippen molar-refractivity contribution in [1.82, 2.24) is 24.4 Å². The molecule has 1 saturated heterocycles. The van der Waals surface area contributed by atoms with Crippen LogP contribution in [0.15, 0.2) is 45.7 Å². The lowest BCUT2D eigenvalue weighted by Crippen LogP contribution is -2.38. The van der Waals surface area contributed by atoms with Gasteiger partial charge in [-0.15, -0.1) is 0 Å². The summed E-state index contributed by atoms with van der Waals surface area (Å²) >= 11 is 0. The van der Waals surface area contributed by atoms with E-state index in [2.05, 4.69) is 10.3 Å². The number of carbonyl (C=O) groups is 1. The SMILES string of the molecule is Cn1nc(C2CCN(C(=O)c3cc(-c4ccccc4)on3)CC2)n(C2CC2)c1=O. The lowest BCUT2D eigenvalue weighted by Gasteiger charge is -2.31. The number of aryl methyl sites for hydroxylation is 1. The topological polar surface area (TPSA) is 86.2 Å². The Bertz CT molecular complexity index is 1090. The molecule has 1 aromatic carbocycles. The van der Waals surface area contributed by atoms with Crippen LogP contribution in [0.4, 0.5) is 0 Å². The van der Waals surface area contributed by atoms with Crippen molar-refractivity contribution in [3.05, 3.63) is 58.4 Å². The van der Waals surface area contributed by atoms with Crippen LogP contribution >= 0.6 is 0 Å². The third-order valence-electron chi connectivity index (χ3n) is 5.83. The second-order valence-electron chi connectivity index (χ2n) is 7.87. The van der Waals surface area contributed by atoms with Gasteiger partial charge < -0.3 is 9.42 Å². The van der Waals surface area contributed by atoms with Gasteiger partial charge in [0.1, 0.15) is 5.82 Å². The minimum Gasteiger partial charge on any atom is -0.355 e. The quantitative estimate of drug-likeness (QED) is 0.680. The molecule has 1 saturated carbocycles. The molecular weight excluding hydrogens is 370 g/mol. The second-order valence-corrected chi connectivity index (χ2v) is 7.87. The predicted molar refractivity (Wildman–Crippen MR) is 106 cm³/mol. The van der Waals surface area contributed by atoms with Gasteiger partial charge in [-0.25, -0.2) is 9.48 Å². The number of amides is 1. The molecule has 3 aromatic rings. The van der Waals surface area contributed by atoms with Crippen LogP contribution < -0.4 is 5.69 Å². The molecule has 1 aliphatic heterocycles. The van der Waals surface area contributed by atoms with Gasteiger partial charge in [0.05, 0.1) is 0 Å². The summed E-state index contributed by atoms with van der Waals surface area (Å²) in [5.41, 5.74) is 1.19. The molecule has 8 heteroatoms. The Morgan fingerprint density at radius 2 is 1.83 bits per heavy atom. The Labute approximate surface area is 167 Å². The predicted octanol–water partition coefficient (Wildman–Crippen LogP) is 2.59. The van der Waals surface area contributed by atoms with Crippen LogP contribution in [0.5, 0.6) is 0 Å². The first-order chi connectivity index (χ1) is 14.1. The normalized spacial score (nSPS) is 17.6. The molecule has 5 rings (SSSR count). The summed E-state index contributed by atoms with van der Waals surface area (Å²) in [5.74, 6) is 1.55. The van der Waals surface area contributed by atoms with Gasteiger partial charge in [0.25, 0.3) is 5.91 Å². The molecule has 0 atom stereocenters. The first-order valence-electron chi connectivity index (χ1n) is 10.1. The number of hydrogen-bond acceptors (Lipinski definition) is 5. The zero-order valence-electron chi connectivity index (χ0n) is 16.3. The zero-order valence-corrected chi connectivity index (χ0v) is 16.3. The molecular formula is C21H23N5O3. The number of carbonyl (C=O) groups excluding carboxylic acids is 1. The monoisotopic (exact) mass is 393 g/mol. The van der Waals surface area contributed by atoms with E-state index in [9.17, 15) is 9.59 Å². The lowest BCUT2D eigenvalue weighted by molar-refractivity contribution is 0.0699. The molecule has 0 radical (unpaired) electrons. The molecule has 0 spiro atoms. The van der Waals surface area contributed by atoms with E-state index >= 15 is 0 Å².